The number of rotatable bonds is 3. The van der Waals surface area contributed by atoms with Gasteiger partial charge in [0.05, 0.1) is 6.54 Å². The van der Waals surface area contributed by atoms with Gasteiger partial charge in [0, 0.05) is 17.4 Å². The highest BCUT2D eigenvalue weighted by Crippen LogP contribution is 2.49. The minimum atomic E-state index is -0.255. The predicted molar refractivity (Wildman–Crippen MR) is 111 cm³/mol. The Kier molecular flexibility index (Phi) is 3.86. The molecule has 6 rings (SSSR count). The quantitative estimate of drug-likeness (QED) is 0.634. The highest BCUT2D eigenvalue weighted by Gasteiger charge is 2.36. The van der Waals surface area contributed by atoms with E-state index < -0.39 is 0 Å². The molecule has 0 bridgehead atoms. The zero-order valence-corrected chi connectivity index (χ0v) is 16.9. The zero-order valence-electron chi connectivity index (χ0n) is 16.9. The molecule has 3 aromatic rings. The van der Waals surface area contributed by atoms with Crippen LogP contribution in [0.1, 0.15) is 35.7 Å². The molecule has 3 heterocycles. The summed E-state index contributed by atoms with van der Waals surface area (Å²) in [5.74, 6) is 2.23. The maximum absolute atomic E-state index is 13.2. The molecule has 0 aliphatic carbocycles. The van der Waals surface area contributed by atoms with Crippen molar-refractivity contribution in [2.45, 2.75) is 26.3 Å². The Balaban J connectivity index is 1.63. The van der Waals surface area contributed by atoms with Crippen molar-refractivity contribution in [1.29, 1.82) is 0 Å². The molecule has 3 aliphatic heterocycles. The summed E-state index contributed by atoms with van der Waals surface area (Å²) >= 11 is 0. The number of carbonyl (C=O) groups excluding carboxylic acids is 2. The fourth-order valence-electron chi connectivity index (χ4n) is 4.55. The largest absolute Gasteiger partial charge is 0.454 e. The number of benzene rings is 3. The predicted octanol–water partition coefficient (Wildman–Crippen LogP) is 4.25. The van der Waals surface area contributed by atoms with Crippen LogP contribution in [0.2, 0.25) is 0 Å². The van der Waals surface area contributed by atoms with E-state index in [0.717, 1.165) is 27.5 Å². The monoisotopic (exact) mass is 417 g/mol. The van der Waals surface area contributed by atoms with Crippen molar-refractivity contribution in [3.63, 3.8) is 0 Å². The molecular formula is C24H19NO6. The Labute approximate surface area is 178 Å². The Morgan fingerprint density at radius 3 is 2.61 bits per heavy atom. The van der Waals surface area contributed by atoms with Gasteiger partial charge in [-0.1, -0.05) is 19.1 Å². The van der Waals surface area contributed by atoms with Crippen molar-refractivity contribution >= 4 is 22.6 Å². The first-order chi connectivity index (χ1) is 15.2. The number of imide groups is 1. The SMILES string of the molecule is CCCC(=O)N1Cc2c(cc3ccc4c(c3c2-c2ccc3c(c2)OCO3)OCO4)C1=O. The molecule has 0 radical (unpaired) electrons. The number of carbonyl (C=O) groups is 2. The Morgan fingerprint density at radius 1 is 0.968 bits per heavy atom. The number of nitrogens with zero attached hydrogens (tertiary/aromatic N) is 1. The van der Waals surface area contributed by atoms with Gasteiger partial charge < -0.3 is 18.9 Å². The number of hydrogen-bond donors (Lipinski definition) is 0. The highest BCUT2D eigenvalue weighted by atomic mass is 16.7. The highest BCUT2D eigenvalue weighted by molar-refractivity contribution is 6.15. The van der Waals surface area contributed by atoms with Crippen LogP contribution < -0.4 is 18.9 Å². The summed E-state index contributed by atoms with van der Waals surface area (Å²) in [6, 6.07) is 11.3. The summed E-state index contributed by atoms with van der Waals surface area (Å²) in [4.78, 5) is 27.1. The first-order valence-electron chi connectivity index (χ1n) is 10.3. The third-order valence-electron chi connectivity index (χ3n) is 5.97. The summed E-state index contributed by atoms with van der Waals surface area (Å²) in [5, 5.41) is 1.72. The first kappa shape index (κ1) is 18.1. The summed E-state index contributed by atoms with van der Waals surface area (Å²) in [7, 11) is 0. The number of amides is 2. The van der Waals surface area contributed by atoms with Gasteiger partial charge in [-0.15, -0.1) is 0 Å². The molecule has 3 aliphatic rings. The molecule has 2 amide bonds. The Morgan fingerprint density at radius 2 is 1.74 bits per heavy atom. The maximum atomic E-state index is 13.2. The molecule has 0 spiro atoms. The van der Waals surface area contributed by atoms with Gasteiger partial charge in [-0.05, 0) is 52.8 Å². The van der Waals surface area contributed by atoms with Crippen LogP contribution in [-0.4, -0.2) is 30.3 Å². The van der Waals surface area contributed by atoms with E-state index in [2.05, 4.69) is 0 Å². The van der Waals surface area contributed by atoms with E-state index in [4.69, 9.17) is 18.9 Å². The zero-order chi connectivity index (χ0) is 21.1. The number of fused-ring (bicyclic) bond motifs is 5. The van der Waals surface area contributed by atoms with Gasteiger partial charge in [-0.25, -0.2) is 0 Å². The molecule has 0 saturated carbocycles. The molecule has 0 saturated heterocycles. The smallest absolute Gasteiger partial charge is 0.261 e. The van der Waals surface area contributed by atoms with Gasteiger partial charge in [0.1, 0.15) is 0 Å². The number of hydrogen-bond acceptors (Lipinski definition) is 6. The van der Waals surface area contributed by atoms with Gasteiger partial charge in [0.25, 0.3) is 5.91 Å². The lowest BCUT2D eigenvalue weighted by Crippen LogP contribution is -2.30. The molecule has 7 nitrogen and oxygen atoms in total. The van der Waals surface area contributed by atoms with E-state index in [-0.39, 0.29) is 31.9 Å². The van der Waals surface area contributed by atoms with Crippen molar-refractivity contribution in [3.8, 4) is 34.1 Å². The third-order valence-corrected chi connectivity index (χ3v) is 5.97. The van der Waals surface area contributed by atoms with Crippen molar-refractivity contribution in [2.24, 2.45) is 0 Å². The van der Waals surface area contributed by atoms with Crippen molar-refractivity contribution in [1.82, 2.24) is 4.90 Å². The fraction of sp³-hybridized carbons (Fsp3) is 0.250. The molecule has 0 atom stereocenters. The summed E-state index contributed by atoms with van der Waals surface area (Å²) in [6.07, 6.45) is 1.03. The van der Waals surface area contributed by atoms with Gasteiger partial charge in [0.2, 0.25) is 19.5 Å². The molecule has 0 unspecified atom stereocenters. The lowest BCUT2D eigenvalue weighted by atomic mass is 9.90. The molecule has 156 valence electrons. The van der Waals surface area contributed by atoms with Crippen LogP contribution in [0, 0.1) is 0 Å². The summed E-state index contributed by atoms with van der Waals surface area (Å²) in [6.45, 7) is 2.48. The van der Waals surface area contributed by atoms with Crippen LogP contribution in [0.3, 0.4) is 0 Å². The van der Waals surface area contributed by atoms with Crippen LogP contribution >= 0.6 is 0 Å². The van der Waals surface area contributed by atoms with Gasteiger partial charge in [-0.2, -0.15) is 0 Å². The fourth-order valence-corrected chi connectivity index (χ4v) is 4.55. The lowest BCUT2D eigenvalue weighted by Gasteiger charge is -2.15. The first-order valence-corrected chi connectivity index (χ1v) is 10.3. The average Bonchev–Trinajstić information content (AvgIpc) is 3.50. The van der Waals surface area contributed by atoms with E-state index in [1.165, 1.54) is 4.90 Å². The van der Waals surface area contributed by atoms with Gasteiger partial charge in [-0.3, -0.25) is 14.5 Å². The number of ether oxygens (including phenoxy) is 4. The lowest BCUT2D eigenvalue weighted by molar-refractivity contribution is -0.128. The van der Waals surface area contributed by atoms with Crippen molar-refractivity contribution in [2.75, 3.05) is 13.6 Å². The second-order valence-electron chi connectivity index (χ2n) is 7.78. The molecule has 0 N–H and O–H groups in total. The molecular weight excluding hydrogens is 398 g/mol. The van der Waals surface area contributed by atoms with Crippen molar-refractivity contribution < 1.29 is 28.5 Å². The molecule has 7 heteroatoms. The standard InChI is InChI=1S/C24H19NO6/c1-2-3-20(26)25-10-16-15(24(25)27)8-13-5-7-18-23(31-12-29-18)22(13)21(16)14-4-6-17-19(9-14)30-11-28-17/h4-9H,2-3,10-12H2,1H3. The van der Waals surface area contributed by atoms with Crippen molar-refractivity contribution in [3.05, 3.63) is 47.5 Å². The van der Waals surface area contributed by atoms with Crippen LogP contribution in [0.4, 0.5) is 0 Å². The van der Waals surface area contributed by atoms with E-state index in [1.807, 2.05) is 43.3 Å². The average molecular weight is 417 g/mol. The van der Waals surface area contributed by atoms with Gasteiger partial charge in [0.15, 0.2) is 23.0 Å². The van der Waals surface area contributed by atoms with Gasteiger partial charge >= 0.3 is 0 Å². The molecule has 3 aromatic carbocycles. The van der Waals surface area contributed by atoms with Crippen LogP contribution in [0.5, 0.6) is 23.0 Å². The summed E-state index contributed by atoms with van der Waals surface area (Å²) in [5.41, 5.74) is 3.08. The van der Waals surface area contributed by atoms with Crippen LogP contribution in [0.25, 0.3) is 21.9 Å². The second kappa shape index (κ2) is 6.63. The topological polar surface area (TPSA) is 74.3 Å². The molecule has 0 fully saturated rings. The van der Waals surface area contributed by atoms with E-state index >= 15 is 0 Å². The normalized spacial score (nSPS) is 15.6. The van der Waals surface area contributed by atoms with E-state index in [1.54, 1.807) is 0 Å². The Hall–Kier alpha value is -3.74. The Bertz CT molecular complexity index is 1280. The van der Waals surface area contributed by atoms with E-state index in [0.29, 0.717) is 41.4 Å². The second-order valence-corrected chi connectivity index (χ2v) is 7.78. The van der Waals surface area contributed by atoms with E-state index in [9.17, 15) is 9.59 Å². The summed E-state index contributed by atoms with van der Waals surface area (Å²) < 4.78 is 22.5. The maximum Gasteiger partial charge on any atom is 0.261 e. The van der Waals surface area contributed by atoms with Crippen LogP contribution in [0.15, 0.2) is 36.4 Å². The minimum Gasteiger partial charge on any atom is -0.454 e. The molecule has 31 heavy (non-hydrogen) atoms. The molecule has 0 aromatic heterocycles. The third kappa shape index (κ3) is 2.59. The van der Waals surface area contributed by atoms with Crippen LogP contribution in [-0.2, 0) is 11.3 Å². The minimum absolute atomic E-state index is 0.145.